The highest BCUT2D eigenvalue weighted by Crippen LogP contribution is 2.35. The van der Waals surface area contributed by atoms with Gasteiger partial charge in [0.05, 0.1) is 22.2 Å². The van der Waals surface area contributed by atoms with Crippen molar-refractivity contribution >= 4 is 34.8 Å². The maximum Gasteiger partial charge on any atom is 0.417 e. The van der Waals surface area contributed by atoms with E-state index in [1.54, 1.807) is 0 Å². The number of amides is 1. The van der Waals surface area contributed by atoms with Gasteiger partial charge in [0.2, 0.25) is 11.8 Å². The van der Waals surface area contributed by atoms with Gasteiger partial charge < -0.3 is 19.9 Å². The normalized spacial score (nSPS) is 12.1. The summed E-state index contributed by atoms with van der Waals surface area (Å²) in [6.07, 6.45) is -5.92. The largest absolute Gasteiger partial charge is 0.418 e. The zero-order valence-corrected chi connectivity index (χ0v) is 17.3. The van der Waals surface area contributed by atoms with Crippen molar-refractivity contribution in [2.45, 2.75) is 12.3 Å². The van der Waals surface area contributed by atoms with Crippen molar-refractivity contribution in [3.05, 3.63) is 63.5 Å². The molecular weight excluding hydrogens is 474 g/mol. The van der Waals surface area contributed by atoms with Gasteiger partial charge in [-0.15, -0.1) is 10.2 Å². The average molecular weight is 486 g/mol. The lowest BCUT2D eigenvalue weighted by molar-refractivity contribution is -0.137. The SMILES string of the molecule is O=C(C#Cc1ccc(-c2nnc([C@H](O)CO)o2)cc1Cl)Nc1ccc(C(F)(F)F)c(Cl)c1. The lowest BCUT2D eigenvalue weighted by Crippen LogP contribution is -2.10. The highest BCUT2D eigenvalue weighted by molar-refractivity contribution is 6.32. The minimum atomic E-state index is -4.61. The third-order valence-electron chi connectivity index (χ3n) is 3.96. The predicted molar refractivity (Wildman–Crippen MR) is 109 cm³/mol. The first-order chi connectivity index (χ1) is 15.1. The zero-order chi connectivity index (χ0) is 23.5. The summed E-state index contributed by atoms with van der Waals surface area (Å²) in [6, 6.07) is 7.25. The van der Waals surface area contributed by atoms with Crippen LogP contribution in [0.3, 0.4) is 0 Å². The molecule has 0 saturated carbocycles. The van der Waals surface area contributed by atoms with E-state index in [-0.39, 0.29) is 28.1 Å². The Balaban J connectivity index is 1.72. The van der Waals surface area contributed by atoms with Crippen LogP contribution in [-0.2, 0) is 11.0 Å². The number of rotatable bonds is 4. The molecule has 0 bridgehead atoms. The quantitative estimate of drug-likeness (QED) is 0.480. The first-order valence-corrected chi connectivity index (χ1v) is 9.46. The van der Waals surface area contributed by atoms with E-state index in [2.05, 4.69) is 27.4 Å². The number of aromatic nitrogens is 2. The van der Waals surface area contributed by atoms with Crippen LogP contribution in [-0.4, -0.2) is 32.9 Å². The fraction of sp³-hybridized carbons (Fsp3) is 0.150. The van der Waals surface area contributed by atoms with Crippen molar-refractivity contribution in [3.8, 4) is 23.3 Å². The molecule has 7 nitrogen and oxygen atoms in total. The minimum Gasteiger partial charge on any atom is -0.418 e. The van der Waals surface area contributed by atoms with Crippen molar-refractivity contribution in [2.75, 3.05) is 11.9 Å². The number of alkyl halides is 3. The van der Waals surface area contributed by atoms with Gasteiger partial charge in [0, 0.05) is 22.7 Å². The number of aliphatic hydroxyl groups excluding tert-OH is 2. The van der Waals surface area contributed by atoms with E-state index in [4.69, 9.17) is 32.7 Å². The van der Waals surface area contributed by atoms with E-state index in [9.17, 15) is 23.1 Å². The Morgan fingerprint density at radius 2 is 1.91 bits per heavy atom. The molecule has 1 aromatic heterocycles. The molecule has 0 aliphatic carbocycles. The summed E-state index contributed by atoms with van der Waals surface area (Å²) in [6.45, 7) is -0.586. The van der Waals surface area contributed by atoms with Gasteiger partial charge in [-0.05, 0) is 36.4 Å². The van der Waals surface area contributed by atoms with E-state index in [0.29, 0.717) is 5.56 Å². The Kier molecular flexibility index (Phi) is 7.06. The van der Waals surface area contributed by atoms with Gasteiger partial charge in [-0.25, -0.2) is 0 Å². The Bertz CT molecular complexity index is 1220. The highest BCUT2D eigenvalue weighted by atomic mass is 35.5. The molecule has 3 aromatic rings. The molecule has 3 rings (SSSR count). The molecule has 1 heterocycles. The molecule has 166 valence electrons. The van der Waals surface area contributed by atoms with Crippen molar-refractivity contribution in [1.82, 2.24) is 10.2 Å². The monoisotopic (exact) mass is 485 g/mol. The number of carbonyl (C=O) groups excluding carboxylic acids is 1. The topological polar surface area (TPSA) is 108 Å². The second kappa shape index (κ2) is 9.58. The van der Waals surface area contributed by atoms with E-state index in [1.165, 1.54) is 18.2 Å². The van der Waals surface area contributed by atoms with Crippen LogP contribution >= 0.6 is 23.2 Å². The third-order valence-corrected chi connectivity index (χ3v) is 4.58. The molecule has 0 saturated heterocycles. The molecule has 2 aromatic carbocycles. The smallest absolute Gasteiger partial charge is 0.417 e. The predicted octanol–water partition coefficient (Wildman–Crippen LogP) is 4.08. The summed E-state index contributed by atoms with van der Waals surface area (Å²) < 4.78 is 43.5. The van der Waals surface area contributed by atoms with E-state index < -0.39 is 35.4 Å². The van der Waals surface area contributed by atoms with Crippen LogP contribution in [0.4, 0.5) is 18.9 Å². The molecule has 3 N–H and O–H groups in total. The molecule has 0 radical (unpaired) electrons. The Morgan fingerprint density at radius 3 is 2.53 bits per heavy atom. The number of hydrogen-bond donors (Lipinski definition) is 3. The number of nitrogens with one attached hydrogen (secondary N) is 1. The summed E-state index contributed by atoms with van der Waals surface area (Å²) in [5.74, 6) is 3.92. The molecule has 1 amide bonds. The van der Waals surface area contributed by atoms with Crippen molar-refractivity contribution in [2.24, 2.45) is 0 Å². The summed E-state index contributed by atoms with van der Waals surface area (Å²) in [7, 11) is 0. The summed E-state index contributed by atoms with van der Waals surface area (Å²) in [5, 5.41) is 27.7. The number of hydrogen-bond acceptors (Lipinski definition) is 6. The highest BCUT2D eigenvalue weighted by Gasteiger charge is 2.33. The van der Waals surface area contributed by atoms with Crippen LogP contribution in [0.5, 0.6) is 0 Å². The number of halogens is 5. The Labute approximate surface area is 188 Å². The van der Waals surface area contributed by atoms with Crippen molar-refractivity contribution in [1.29, 1.82) is 0 Å². The standard InChI is InChI=1S/C20H12Cl2F3N3O4/c21-14-7-11(18-27-28-19(32-18)16(30)9-29)2-1-10(14)3-6-17(31)26-12-4-5-13(15(22)8-12)20(23,24)25/h1-2,4-5,7-8,16,29-30H,9H2,(H,26,31)/t16-/m1/s1. The van der Waals surface area contributed by atoms with E-state index in [1.807, 2.05) is 0 Å². The van der Waals surface area contributed by atoms with E-state index >= 15 is 0 Å². The lowest BCUT2D eigenvalue weighted by atomic mass is 10.1. The molecule has 0 fully saturated rings. The molecule has 1 atom stereocenters. The van der Waals surface area contributed by atoms with Crippen LogP contribution in [0.25, 0.3) is 11.5 Å². The van der Waals surface area contributed by atoms with Crippen LogP contribution < -0.4 is 5.32 Å². The number of carbonyl (C=O) groups is 1. The maximum atomic E-state index is 12.7. The fourth-order valence-corrected chi connectivity index (χ4v) is 2.94. The van der Waals surface area contributed by atoms with Gasteiger partial charge in [-0.2, -0.15) is 13.2 Å². The van der Waals surface area contributed by atoms with Gasteiger partial charge >= 0.3 is 12.1 Å². The number of benzene rings is 2. The van der Waals surface area contributed by atoms with Gasteiger partial charge in [0.25, 0.3) is 0 Å². The molecular formula is C20H12Cl2F3N3O4. The van der Waals surface area contributed by atoms with Gasteiger partial charge in [-0.3, -0.25) is 4.79 Å². The lowest BCUT2D eigenvalue weighted by Gasteiger charge is -2.10. The summed E-state index contributed by atoms with van der Waals surface area (Å²) in [4.78, 5) is 12.0. The van der Waals surface area contributed by atoms with Gasteiger partial charge in [0.1, 0.15) is 0 Å². The van der Waals surface area contributed by atoms with Crippen molar-refractivity contribution in [3.63, 3.8) is 0 Å². The molecule has 0 spiro atoms. The first-order valence-electron chi connectivity index (χ1n) is 8.70. The minimum absolute atomic E-state index is 0.0426. The first kappa shape index (κ1) is 23.6. The molecule has 0 unspecified atom stereocenters. The van der Waals surface area contributed by atoms with Crippen LogP contribution in [0, 0.1) is 11.8 Å². The molecule has 0 aliphatic heterocycles. The third kappa shape index (κ3) is 5.57. The van der Waals surface area contributed by atoms with Gasteiger partial charge in [0.15, 0.2) is 6.10 Å². The number of nitrogens with zero attached hydrogens (tertiary/aromatic N) is 2. The maximum absolute atomic E-state index is 12.7. The van der Waals surface area contributed by atoms with Crippen LogP contribution in [0.1, 0.15) is 23.1 Å². The summed E-state index contributed by atoms with van der Waals surface area (Å²) in [5.41, 5.74) is -0.283. The van der Waals surface area contributed by atoms with Crippen LogP contribution in [0.15, 0.2) is 40.8 Å². The second-order valence-electron chi connectivity index (χ2n) is 6.23. The second-order valence-corrected chi connectivity index (χ2v) is 7.05. The zero-order valence-electron chi connectivity index (χ0n) is 15.7. The number of anilines is 1. The average Bonchev–Trinajstić information content (AvgIpc) is 3.21. The summed E-state index contributed by atoms with van der Waals surface area (Å²) >= 11 is 11.8. The van der Waals surface area contributed by atoms with Crippen LogP contribution in [0.2, 0.25) is 10.0 Å². The molecule has 0 aliphatic rings. The fourth-order valence-electron chi connectivity index (χ4n) is 2.42. The van der Waals surface area contributed by atoms with Crippen molar-refractivity contribution < 1.29 is 32.6 Å². The molecule has 32 heavy (non-hydrogen) atoms. The number of aliphatic hydroxyl groups is 2. The Hall–Kier alpha value is -3.10. The van der Waals surface area contributed by atoms with E-state index in [0.717, 1.165) is 18.2 Å². The van der Waals surface area contributed by atoms with Gasteiger partial charge in [-0.1, -0.05) is 29.1 Å². The Morgan fingerprint density at radius 1 is 1.16 bits per heavy atom. The molecule has 12 heteroatoms.